The van der Waals surface area contributed by atoms with Gasteiger partial charge in [-0.2, -0.15) is 0 Å². The molecule has 0 spiro atoms. The summed E-state index contributed by atoms with van der Waals surface area (Å²) in [6, 6.07) is 23.5. The number of ketones is 2. The first-order valence-corrected chi connectivity index (χ1v) is 12.5. The van der Waals surface area contributed by atoms with Crippen LogP contribution >= 0.6 is 0 Å². The molecular formula is C33H27N3O2. The highest BCUT2D eigenvalue weighted by Crippen LogP contribution is 2.22. The van der Waals surface area contributed by atoms with Crippen LogP contribution < -0.4 is 0 Å². The second kappa shape index (κ2) is 11.1. The fraction of sp³-hybridized carbons (Fsp3) is 0.121. The molecule has 5 nitrogen and oxygen atoms in total. The molecule has 5 aromatic rings. The Labute approximate surface area is 221 Å². The maximum absolute atomic E-state index is 13.2. The number of pyridine rings is 1. The molecular weight excluding hydrogens is 470 g/mol. The smallest absolute Gasteiger partial charge is 0.167 e. The van der Waals surface area contributed by atoms with E-state index in [1.807, 2.05) is 60.7 Å². The summed E-state index contributed by atoms with van der Waals surface area (Å²) in [6.07, 6.45) is 7.86. The normalized spacial score (nSPS) is 10.9. The molecule has 0 unspecified atom stereocenters. The quantitative estimate of drug-likeness (QED) is 0.176. The molecule has 0 atom stereocenters. The number of benzene rings is 3. The standard InChI is InChI=1S/C33H27N3O2/c1-3-30(37)17-23-8-9-26-19-27(11-10-25(26)15-23)32(38)18-24-7-6-22(2)29(16-24)20-33-35-14-12-31(36-33)28-5-4-13-34-21-28/h3-16,19,21H,1,17-18,20H2,2H3. The number of carbonyl (C=O) groups excluding carboxylic acids is 2. The van der Waals surface area contributed by atoms with Gasteiger partial charge >= 0.3 is 0 Å². The lowest BCUT2D eigenvalue weighted by molar-refractivity contribution is -0.114. The van der Waals surface area contributed by atoms with Gasteiger partial charge in [0, 0.05) is 49.0 Å². The van der Waals surface area contributed by atoms with Gasteiger partial charge in [0.2, 0.25) is 0 Å². The summed E-state index contributed by atoms with van der Waals surface area (Å²) in [5, 5.41) is 1.97. The van der Waals surface area contributed by atoms with Gasteiger partial charge in [0.25, 0.3) is 0 Å². The van der Waals surface area contributed by atoms with E-state index in [1.54, 1.807) is 18.6 Å². The average Bonchev–Trinajstić information content (AvgIpc) is 2.95. The number of Topliss-reactive ketones (excluding diaryl/α,β-unsaturated/α-hetero) is 1. The molecule has 186 valence electrons. The summed E-state index contributed by atoms with van der Waals surface area (Å²) in [7, 11) is 0. The van der Waals surface area contributed by atoms with Crippen LogP contribution in [0, 0.1) is 6.92 Å². The topological polar surface area (TPSA) is 72.8 Å². The monoisotopic (exact) mass is 497 g/mol. The van der Waals surface area contributed by atoms with Gasteiger partial charge in [0.1, 0.15) is 5.82 Å². The second-order valence-corrected chi connectivity index (χ2v) is 9.38. The van der Waals surface area contributed by atoms with Crippen molar-refractivity contribution in [3.05, 3.63) is 138 Å². The van der Waals surface area contributed by atoms with Crippen LogP contribution in [0.25, 0.3) is 22.0 Å². The Morgan fingerprint density at radius 1 is 0.868 bits per heavy atom. The first-order chi connectivity index (χ1) is 18.5. The number of hydrogen-bond acceptors (Lipinski definition) is 5. The fourth-order valence-electron chi connectivity index (χ4n) is 4.49. The van der Waals surface area contributed by atoms with E-state index in [9.17, 15) is 9.59 Å². The number of hydrogen-bond donors (Lipinski definition) is 0. The van der Waals surface area contributed by atoms with Crippen molar-refractivity contribution in [3.8, 4) is 11.3 Å². The van der Waals surface area contributed by atoms with E-state index in [-0.39, 0.29) is 11.6 Å². The van der Waals surface area contributed by atoms with Gasteiger partial charge < -0.3 is 0 Å². The first-order valence-electron chi connectivity index (χ1n) is 12.5. The largest absolute Gasteiger partial charge is 0.295 e. The minimum atomic E-state index is -0.0126. The van der Waals surface area contributed by atoms with E-state index < -0.39 is 0 Å². The summed E-state index contributed by atoms with van der Waals surface area (Å²) in [5.74, 6) is 0.769. The predicted octanol–water partition coefficient (Wildman–Crippen LogP) is 6.31. The van der Waals surface area contributed by atoms with Crippen molar-refractivity contribution < 1.29 is 9.59 Å². The van der Waals surface area contributed by atoms with Crippen LogP contribution in [0.3, 0.4) is 0 Å². The van der Waals surface area contributed by atoms with Crippen molar-refractivity contribution in [2.24, 2.45) is 0 Å². The van der Waals surface area contributed by atoms with Crippen LogP contribution in [0.5, 0.6) is 0 Å². The van der Waals surface area contributed by atoms with Crippen LogP contribution in [0.1, 0.15) is 38.4 Å². The van der Waals surface area contributed by atoms with E-state index in [0.29, 0.717) is 24.8 Å². The van der Waals surface area contributed by atoms with Gasteiger partial charge in [0.05, 0.1) is 5.69 Å². The Bertz CT molecular complexity index is 1660. The number of carbonyl (C=O) groups is 2. The Kier molecular flexibility index (Phi) is 7.27. The Morgan fingerprint density at radius 2 is 1.66 bits per heavy atom. The van der Waals surface area contributed by atoms with Crippen LogP contribution in [0.15, 0.2) is 104 Å². The molecule has 0 amide bonds. The van der Waals surface area contributed by atoms with Crippen molar-refractivity contribution in [2.75, 3.05) is 0 Å². The molecule has 5 rings (SSSR count). The zero-order valence-corrected chi connectivity index (χ0v) is 21.2. The van der Waals surface area contributed by atoms with E-state index in [0.717, 1.165) is 50.1 Å². The summed E-state index contributed by atoms with van der Waals surface area (Å²) in [4.78, 5) is 38.2. The highest BCUT2D eigenvalue weighted by Gasteiger charge is 2.12. The number of aromatic nitrogens is 3. The lowest BCUT2D eigenvalue weighted by Crippen LogP contribution is -2.05. The van der Waals surface area contributed by atoms with Gasteiger partial charge in [0.15, 0.2) is 11.6 Å². The molecule has 0 bridgehead atoms. The molecule has 0 N–H and O–H groups in total. The molecule has 0 aliphatic heterocycles. The maximum Gasteiger partial charge on any atom is 0.167 e. The number of aryl methyl sites for hydroxylation is 1. The molecule has 0 fully saturated rings. The third-order valence-electron chi connectivity index (χ3n) is 6.62. The summed E-state index contributed by atoms with van der Waals surface area (Å²) >= 11 is 0. The van der Waals surface area contributed by atoms with Gasteiger partial charge in [-0.15, -0.1) is 0 Å². The van der Waals surface area contributed by atoms with E-state index >= 15 is 0 Å². The van der Waals surface area contributed by atoms with Crippen LogP contribution in [0.2, 0.25) is 0 Å². The Balaban J connectivity index is 1.32. The molecule has 2 heterocycles. The van der Waals surface area contributed by atoms with Gasteiger partial charge in [-0.1, -0.05) is 55.1 Å². The van der Waals surface area contributed by atoms with Crippen molar-refractivity contribution in [1.29, 1.82) is 0 Å². The highest BCUT2D eigenvalue weighted by atomic mass is 16.1. The summed E-state index contributed by atoms with van der Waals surface area (Å²) in [5.41, 5.74) is 6.57. The summed E-state index contributed by atoms with van der Waals surface area (Å²) in [6.45, 7) is 5.60. The number of rotatable bonds is 9. The third kappa shape index (κ3) is 5.79. The lowest BCUT2D eigenvalue weighted by atomic mass is 9.95. The average molecular weight is 498 g/mol. The molecule has 0 aliphatic carbocycles. The minimum Gasteiger partial charge on any atom is -0.295 e. The molecule has 0 saturated heterocycles. The Hall–Kier alpha value is -4.77. The molecule has 38 heavy (non-hydrogen) atoms. The summed E-state index contributed by atoms with van der Waals surface area (Å²) < 4.78 is 0. The van der Waals surface area contributed by atoms with Gasteiger partial charge in [-0.05, 0) is 70.3 Å². The molecule has 2 aromatic heterocycles. The fourth-order valence-corrected chi connectivity index (χ4v) is 4.49. The molecule has 5 heteroatoms. The van der Waals surface area contributed by atoms with Gasteiger partial charge in [-0.3, -0.25) is 14.6 Å². The zero-order valence-electron chi connectivity index (χ0n) is 21.2. The van der Waals surface area contributed by atoms with Crippen molar-refractivity contribution in [1.82, 2.24) is 15.0 Å². The van der Waals surface area contributed by atoms with E-state index in [4.69, 9.17) is 4.98 Å². The van der Waals surface area contributed by atoms with Crippen molar-refractivity contribution >= 4 is 22.3 Å². The maximum atomic E-state index is 13.2. The lowest BCUT2D eigenvalue weighted by Gasteiger charge is -2.10. The third-order valence-corrected chi connectivity index (χ3v) is 6.62. The minimum absolute atomic E-state index is 0.0126. The van der Waals surface area contributed by atoms with Crippen molar-refractivity contribution in [2.45, 2.75) is 26.2 Å². The van der Waals surface area contributed by atoms with E-state index in [1.165, 1.54) is 6.08 Å². The zero-order chi connectivity index (χ0) is 26.5. The van der Waals surface area contributed by atoms with E-state index in [2.05, 4.69) is 35.6 Å². The molecule has 0 radical (unpaired) electrons. The van der Waals surface area contributed by atoms with Crippen LogP contribution in [0.4, 0.5) is 0 Å². The predicted molar refractivity (Wildman–Crippen MR) is 150 cm³/mol. The second-order valence-electron chi connectivity index (χ2n) is 9.38. The van der Waals surface area contributed by atoms with Gasteiger partial charge in [-0.25, -0.2) is 9.97 Å². The van der Waals surface area contributed by atoms with Crippen LogP contribution in [-0.4, -0.2) is 26.5 Å². The molecule has 0 aliphatic rings. The number of fused-ring (bicyclic) bond motifs is 1. The SMILES string of the molecule is C=CC(=O)Cc1ccc2cc(C(=O)Cc3ccc(C)c(Cc4nccc(-c5cccnc5)n4)c3)ccc2c1. The van der Waals surface area contributed by atoms with Crippen molar-refractivity contribution in [3.63, 3.8) is 0 Å². The molecule has 0 saturated carbocycles. The highest BCUT2D eigenvalue weighted by molar-refractivity contribution is 6.01. The van der Waals surface area contributed by atoms with Crippen LogP contribution in [-0.2, 0) is 24.1 Å². The Morgan fingerprint density at radius 3 is 2.47 bits per heavy atom. The number of nitrogens with zero attached hydrogens (tertiary/aromatic N) is 3. The number of allylic oxidation sites excluding steroid dienone is 1. The molecule has 3 aromatic carbocycles. The first kappa shape index (κ1) is 24.9.